The van der Waals surface area contributed by atoms with Crippen molar-refractivity contribution in [2.45, 2.75) is 62.7 Å². The van der Waals surface area contributed by atoms with Crippen molar-refractivity contribution in [3.05, 3.63) is 83.9 Å². The molecule has 0 spiro atoms. The minimum Gasteiger partial charge on any atom is -0.491 e. The van der Waals surface area contributed by atoms with E-state index in [2.05, 4.69) is 4.72 Å². The molecule has 7 N–H and O–H groups in total. The molecule has 0 aliphatic carbocycles. The Balaban J connectivity index is 1.58. The SMILES string of the molecule is CC(C)Oc1ccc(-c2cccc(S(=O)(=O)NC(Cc3cccc(C(N)N)c3)C(=O)N3CCC(CCN)CC3)c2)cc1. The number of carbonyl (C=O) groups is 1. The molecule has 1 atom stereocenters. The third-order valence-electron chi connectivity index (χ3n) is 7.58. The second-order valence-electron chi connectivity index (χ2n) is 11.2. The maximum atomic E-state index is 13.8. The molecule has 1 heterocycles. The number of benzene rings is 3. The summed E-state index contributed by atoms with van der Waals surface area (Å²) in [4.78, 5) is 15.6. The summed E-state index contributed by atoms with van der Waals surface area (Å²) in [5.41, 5.74) is 20.6. The van der Waals surface area contributed by atoms with Crippen molar-refractivity contribution >= 4 is 15.9 Å². The first kappa shape index (κ1) is 31.7. The highest BCUT2D eigenvalue weighted by Gasteiger charge is 2.32. The van der Waals surface area contributed by atoms with Crippen LogP contribution in [0.15, 0.2) is 77.7 Å². The topological polar surface area (TPSA) is 154 Å². The molecule has 4 rings (SSSR count). The summed E-state index contributed by atoms with van der Waals surface area (Å²) in [5, 5.41) is 0. The molecule has 42 heavy (non-hydrogen) atoms. The molecule has 3 aromatic carbocycles. The Labute approximate surface area is 249 Å². The molecule has 1 unspecified atom stereocenters. The van der Waals surface area contributed by atoms with Crippen molar-refractivity contribution in [3.8, 4) is 16.9 Å². The number of sulfonamides is 1. The molecule has 10 heteroatoms. The normalized spacial score (nSPS) is 15.3. The van der Waals surface area contributed by atoms with Crippen LogP contribution in [0.25, 0.3) is 11.1 Å². The maximum absolute atomic E-state index is 13.8. The third-order valence-corrected chi connectivity index (χ3v) is 9.05. The Morgan fingerprint density at radius 3 is 2.31 bits per heavy atom. The summed E-state index contributed by atoms with van der Waals surface area (Å²) in [7, 11) is -4.05. The van der Waals surface area contributed by atoms with E-state index in [0.29, 0.717) is 31.1 Å². The third kappa shape index (κ3) is 8.39. The summed E-state index contributed by atoms with van der Waals surface area (Å²) >= 11 is 0. The van der Waals surface area contributed by atoms with Crippen molar-refractivity contribution in [3.63, 3.8) is 0 Å². The van der Waals surface area contributed by atoms with Crippen LogP contribution in [0.1, 0.15) is 50.4 Å². The van der Waals surface area contributed by atoms with Crippen LogP contribution >= 0.6 is 0 Å². The van der Waals surface area contributed by atoms with E-state index in [4.69, 9.17) is 21.9 Å². The molecule has 1 aliphatic rings. The van der Waals surface area contributed by atoms with Crippen LogP contribution in [0.5, 0.6) is 5.75 Å². The quantitative estimate of drug-likeness (QED) is 0.234. The Kier molecular flexibility index (Phi) is 10.7. The lowest BCUT2D eigenvalue weighted by Gasteiger charge is -2.34. The minimum atomic E-state index is -4.05. The lowest BCUT2D eigenvalue weighted by molar-refractivity contribution is -0.134. The monoisotopic (exact) mass is 593 g/mol. The van der Waals surface area contributed by atoms with Gasteiger partial charge in [0, 0.05) is 13.1 Å². The van der Waals surface area contributed by atoms with Gasteiger partial charge in [0.1, 0.15) is 11.8 Å². The summed E-state index contributed by atoms with van der Waals surface area (Å²) in [6, 6.07) is 20.5. The fraction of sp³-hybridized carbons (Fsp3) is 0.406. The molecule has 1 aliphatic heterocycles. The molecule has 3 aromatic rings. The number of nitrogens with zero attached hydrogens (tertiary/aromatic N) is 1. The molecule has 1 saturated heterocycles. The van der Waals surface area contributed by atoms with E-state index in [1.54, 1.807) is 17.0 Å². The van der Waals surface area contributed by atoms with Crippen molar-refractivity contribution in [2.75, 3.05) is 19.6 Å². The Hall–Kier alpha value is -3.28. The first-order chi connectivity index (χ1) is 20.1. The number of nitrogens with two attached hydrogens (primary N) is 3. The number of carbonyl (C=O) groups excluding carboxylic acids is 1. The predicted octanol–water partition coefficient (Wildman–Crippen LogP) is 3.53. The average molecular weight is 594 g/mol. The molecule has 1 amide bonds. The van der Waals surface area contributed by atoms with Gasteiger partial charge in [0.2, 0.25) is 15.9 Å². The van der Waals surface area contributed by atoms with Crippen molar-refractivity contribution in [2.24, 2.45) is 23.1 Å². The van der Waals surface area contributed by atoms with Gasteiger partial charge in [-0.2, -0.15) is 4.72 Å². The minimum absolute atomic E-state index is 0.0536. The zero-order valence-corrected chi connectivity index (χ0v) is 25.2. The van der Waals surface area contributed by atoms with E-state index in [0.717, 1.165) is 41.7 Å². The second-order valence-corrected chi connectivity index (χ2v) is 12.9. The van der Waals surface area contributed by atoms with Gasteiger partial charge < -0.3 is 26.8 Å². The Bertz CT molecular complexity index is 1440. The molecule has 226 valence electrons. The lowest BCUT2D eigenvalue weighted by atomic mass is 9.93. The van der Waals surface area contributed by atoms with Crippen LogP contribution in [-0.4, -0.2) is 51.0 Å². The fourth-order valence-electron chi connectivity index (χ4n) is 5.34. The van der Waals surface area contributed by atoms with E-state index in [1.807, 2.05) is 68.4 Å². The van der Waals surface area contributed by atoms with E-state index in [1.165, 1.54) is 6.07 Å². The summed E-state index contributed by atoms with van der Waals surface area (Å²) in [5.74, 6) is 0.974. The maximum Gasteiger partial charge on any atom is 0.241 e. The van der Waals surface area contributed by atoms with Crippen LogP contribution < -0.4 is 26.7 Å². The Morgan fingerprint density at radius 1 is 0.976 bits per heavy atom. The number of ether oxygens (including phenoxy) is 1. The van der Waals surface area contributed by atoms with Crippen molar-refractivity contribution in [1.82, 2.24) is 9.62 Å². The van der Waals surface area contributed by atoms with E-state index in [-0.39, 0.29) is 23.3 Å². The fourth-order valence-corrected chi connectivity index (χ4v) is 6.57. The second kappa shape index (κ2) is 14.3. The number of hydrogen-bond acceptors (Lipinski definition) is 7. The van der Waals surface area contributed by atoms with E-state index < -0.39 is 22.2 Å². The number of rotatable bonds is 12. The van der Waals surface area contributed by atoms with Gasteiger partial charge in [-0.25, -0.2) is 8.42 Å². The average Bonchev–Trinajstić information content (AvgIpc) is 2.97. The largest absolute Gasteiger partial charge is 0.491 e. The van der Waals surface area contributed by atoms with Gasteiger partial charge >= 0.3 is 0 Å². The lowest BCUT2D eigenvalue weighted by Crippen LogP contribution is -2.51. The summed E-state index contributed by atoms with van der Waals surface area (Å²) in [6.07, 6.45) is 2.17. The number of nitrogens with one attached hydrogen (secondary N) is 1. The number of likely N-dealkylation sites (tertiary alicyclic amines) is 1. The number of amides is 1. The Morgan fingerprint density at radius 2 is 1.67 bits per heavy atom. The van der Waals surface area contributed by atoms with Gasteiger partial charge in [-0.15, -0.1) is 0 Å². The van der Waals surface area contributed by atoms with Crippen LogP contribution in [0.3, 0.4) is 0 Å². The molecular formula is C32H43N5O4S. The highest BCUT2D eigenvalue weighted by molar-refractivity contribution is 7.89. The molecule has 0 radical (unpaired) electrons. The van der Waals surface area contributed by atoms with Crippen LogP contribution in [0.4, 0.5) is 0 Å². The molecular weight excluding hydrogens is 550 g/mol. The summed E-state index contributed by atoms with van der Waals surface area (Å²) in [6.45, 7) is 5.68. The first-order valence-electron chi connectivity index (χ1n) is 14.5. The van der Waals surface area contributed by atoms with E-state index >= 15 is 0 Å². The van der Waals surface area contributed by atoms with Crippen molar-refractivity contribution < 1.29 is 17.9 Å². The zero-order valence-electron chi connectivity index (χ0n) is 24.4. The van der Waals surface area contributed by atoms with Gasteiger partial charge in [0.05, 0.1) is 17.2 Å². The molecule has 0 bridgehead atoms. The van der Waals surface area contributed by atoms with Crippen LogP contribution in [0.2, 0.25) is 0 Å². The van der Waals surface area contributed by atoms with Gasteiger partial charge in [-0.1, -0.05) is 48.5 Å². The standard InChI is InChI=1S/C32H43N5O4S/c1-22(2)41-28-11-9-25(10-12-28)26-6-4-8-29(21-26)42(39,40)36-30(20-24-5-3-7-27(19-24)31(34)35)32(38)37-17-14-23(13-16-33)15-18-37/h3-12,19,21-23,30-31,36H,13-18,20,33-35H2,1-2H3. The number of piperidine rings is 1. The molecule has 1 fully saturated rings. The molecule has 0 aromatic heterocycles. The van der Waals surface area contributed by atoms with Gasteiger partial charge in [-0.3, -0.25) is 4.79 Å². The summed E-state index contributed by atoms with van der Waals surface area (Å²) < 4.78 is 35.9. The van der Waals surface area contributed by atoms with Gasteiger partial charge in [0.15, 0.2) is 0 Å². The predicted molar refractivity (Wildman–Crippen MR) is 166 cm³/mol. The molecule has 0 saturated carbocycles. The van der Waals surface area contributed by atoms with Crippen LogP contribution in [-0.2, 0) is 21.2 Å². The van der Waals surface area contributed by atoms with E-state index in [9.17, 15) is 13.2 Å². The smallest absolute Gasteiger partial charge is 0.241 e. The molecule has 9 nitrogen and oxygen atoms in total. The highest BCUT2D eigenvalue weighted by Crippen LogP contribution is 2.26. The van der Waals surface area contributed by atoms with Crippen molar-refractivity contribution in [1.29, 1.82) is 0 Å². The van der Waals surface area contributed by atoms with Crippen LogP contribution in [0, 0.1) is 5.92 Å². The number of hydrogen-bond donors (Lipinski definition) is 4. The zero-order chi connectivity index (χ0) is 30.3. The van der Waals surface area contributed by atoms with Gasteiger partial charge in [0.25, 0.3) is 0 Å². The van der Waals surface area contributed by atoms with Gasteiger partial charge in [-0.05, 0) is 98.5 Å². The first-order valence-corrected chi connectivity index (χ1v) is 16.0. The highest BCUT2D eigenvalue weighted by atomic mass is 32.2.